The lowest BCUT2D eigenvalue weighted by molar-refractivity contribution is -0.151. The second kappa shape index (κ2) is 6.92. The zero-order valence-corrected chi connectivity index (χ0v) is 19.4. The number of aliphatic hydroxyl groups is 1. The molecular formula is C26H40N2O2. The predicted molar refractivity (Wildman–Crippen MR) is 118 cm³/mol. The van der Waals surface area contributed by atoms with Gasteiger partial charge in [-0.2, -0.15) is 0 Å². The number of Topliss-reactive ketones (excluding diaryl/α,β-unsaturated/α-hetero) is 1. The van der Waals surface area contributed by atoms with Crippen molar-refractivity contribution in [2.75, 3.05) is 0 Å². The van der Waals surface area contributed by atoms with Gasteiger partial charge in [-0.15, -0.1) is 0 Å². The van der Waals surface area contributed by atoms with E-state index in [1.54, 1.807) is 6.20 Å². The molecule has 4 aliphatic rings. The molecule has 4 fully saturated rings. The minimum atomic E-state index is -0.462. The molecule has 166 valence electrons. The van der Waals surface area contributed by atoms with Gasteiger partial charge >= 0.3 is 0 Å². The molecule has 1 unspecified atom stereocenters. The summed E-state index contributed by atoms with van der Waals surface area (Å²) in [6.07, 6.45) is 14.2. The fourth-order valence-electron chi connectivity index (χ4n) is 8.81. The van der Waals surface area contributed by atoms with E-state index >= 15 is 0 Å². The third-order valence-corrected chi connectivity index (χ3v) is 10.6. The number of carbonyl (C=O) groups is 1. The van der Waals surface area contributed by atoms with E-state index in [2.05, 4.69) is 18.8 Å². The Balaban J connectivity index is 1.35. The Morgan fingerprint density at radius 1 is 1.07 bits per heavy atom. The number of aromatic nitrogens is 2. The normalized spacial score (nSPS) is 48.0. The molecule has 1 heterocycles. The van der Waals surface area contributed by atoms with Gasteiger partial charge in [-0.1, -0.05) is 13.8 Å². The number of ketones is 1. The van der Waals surface area contributed by atoms with Gasteiger partial charge in [0.15, 0.2) is 5.78 Å². The average molecular weight is 413 g/mol. The molecule has 0 spiro atoms. The first-order valence-electron chi connectivity index (χ1n) is 12.4. The summed E-state index contributed by atoms with van der Waals surface area (Å²) in [7, 11) is 0. The van der Waals surface area contributed by atoms with Crippen molar-refractivity contribution in [2.24, 2.45) is 40.4 Å². The highest BCUT2D eigenvalue weighted by molar-refractivity contribution is 5.82. The summed E-state index contributed by atoms with van der Waals surface area (Å²) in [5.74, 6) is 4.52. The number of imidazole rings is 1. The van der Waals surface area contributed by atoms with Crippen LogP contribution < -0.4 is 0 Å². The van der Waals surface area contributed by atoms with Crippen molar-refractivity contribution in [3.63, 3.8) is 0 Å². The summed E-state index contributed by atoms with van der Waals surface area (Å²) in [5, 5.41) is 10.7. The van der Waals surface area contributed by atoms with Crippen LogP contribution in [0.2, 0.25) is 0 Å². The molecular weight excluding hydrogens is 372 g/mol. The highest BCUT2D eigenvalue weighted by Crippen LogP contribution is 2.68. The first-order chi connectivity index (χ1) is 14.1. The first kappa shape index (κ1) is 20.7. The summed E-state index contributed by atoms with van der Waals surface area (Å²) in [6, 6.07) is 0. The van der Waals surface area contributed by atoms with E-state index in [1.165, 1.54) is 38.5 Å². The van der Waals surface area contributed by atoms with E-state index < -0.39 is 5.60 Å². The Hall–Kier alpha value is -1.16. The van der Waals surface area contributed by atoms with Gasteiger partial charge in [0.05, 0.1) is 12.1 Å². The Kier molecular flexibility index (Phi) is 4.78. The summed E-state index contributed by atoms with van der Waals surface area (Å²) in [5.41, 5.74) is 0.106. The third-order valence-electron chi connectivity index (χ3n) is 10.6. The lowest BCUT2D eigenvalue weighted by atomic mass is 9.44. The summed E-state index contributed by atoms with van der Waals surface area (Å²) >= 11 is 0. The van der Waals surface area contributed by atoms with E-state index in [4.69, 9.17) is 0 Å². The van der Waals surface area contributed by atoms with E-state index in [1.807, 2.05) is 24.6 Å². The van der Waals surface area contributed by atoms with Crippen molar-refractivity contribution in [3.8, 4) is 0 Å². The minimum Gasteiger partial charge on any atom is -0.390 e. The van der Waals surface area contributed by atoms with Crippen molar-refractivity contribution in [1.29, 1.82) is 0 Å². The van der Waals surface area contributed by atoms with Gasteiger partial charge in [0.25, 0.3) is 0 Å². The molecule has 1 N–H and O–H groups in total. The maximum Gasteiger partial charge on any atom is 0.156 e. The molecule has 4 heteroatoms. The van der Waals surface area contributed by atoms with Crippen LogP contribution in [0.4, 0.5) is 0 Å². The SMILES string of the molecule is Cc1nccn1CC(=O)[C@H]1CC[C@H]2[C@@H]3CC[C@@H]4C[C@](C)(O)CC[C@]4(C)C3CC[C@]12C. The highest BCUT2D eigenvalue weighted by Gasteiger charge is 2.61. The quantitative estimate of drug-likeness (QED) is 0.745. The minimum absolute atomic E-state index is 0.177. The molecule has 0 amide bonds. The highest BCUT2D eigenvalue weighted by atomic mass is 16.3. The smallest absolute Gasteiger partial charge is 0.156 e. The van der Waals surface area contributed by atoms with Gasteiger partial charge in [0.2, 0.25) is 0 Å². The molecule has 8 atom stereocenters. The number of fused-ring (bicyclic) bond motifs is 5. The van der Waals surface area contributed by atoms with Gasteiger partial charge < -0.3 is 9.67 Å². The topological polar surface area (TPSA) is 55.1 Å². The molecule has 4 aliphatic carbocycles. The summed E-state index contributed by atoms with van der Waals surface area (Å²) < 4.78 is 2.02. The summed E-state index contributed by atoms with van der Waals surface area (Å²) in [4.78, 5) is 17.7. The third kappa shape index (κ3) is 3.04. The van der Waals surface area contributed by atoms with Gasteiger partial charge in [-0.05, 0) is 106 Å². The number of aryl methyl sites for hydroxylation is 1. The van der Waals surface area contributed by atoms with E-state index in [-0.39, 0.29) is 11.3 Å². The number of nitrogens with zero attached hydrogens (tertiary/aromatic N) is 2. The van der Waals surface area contributed by atoms with Crippen molar-refractivity contribution in [2.45, 2.75) is 97.6 Å². The van der Waals surface area contributed by atoms with Crippen LogP contribution in [-0.4, -0.2) is 26.0 Å². The Labute approximate surface area is 181 Å². The molecule has 30 heavy (non-hydrogen) atoms. The van der Waals surface area contributed by atoms with Crippen molar-refractivity contribution < 1.29 is 9.90 Å². The molecule has 5 rings (SSSR count). The van der Waals surface area contributed by atoms with Crippen LogP contribution in [0.3, 0.4) is 0 Å². The molecule has 0 saturated heterocycles. The number of hydrogen-bond donors (Lipinski definition) is 1. The lowest BCUT2D eigenvalue weighted by Gasteiger charge is -2.61. The van der Waals surface area contributed by atoms with Crippen LogP contribution in [0.1, 0.15) is 84.4 Å². The fourth-order valence-corrected chi connectivity index (χ4v) is 8.81. The van der Waals surface area contributed by atoms with Crippen LogP contribution in [-0.2, 0) is 11.3 Å². The van der Waals surface area contributed by atoms with Crippen LogP contribution in [0.25, 0.3) is 0 Å². The number of rotatable bonds is 3. The molecule has 0 radical (unpaired) electrons. The fraction of sp³-hybridized carbons (Fsp3) is 0.846. The van der Waals surface area contributed by atoms with Gasteiger partial charge in [-0.25, -0.2) is 4.98 Å². The Morgan fingerprint density at radius 2 is 1.83 bits per heavy atom. The zero-order chi connectivity index (χ0) is 21.3. The van der Waals surface area contributed by atoms with Crippen molar-refractivity contribution in [1.82, 2.24) is 9.55 Å². The lowest BCUT2D eigenvalue weighted by Crippen LogP contribution is -2.55. The largest absolute Gasteiger partial charge is 0.390 e. The standard InChI is InChI=1S/C26H40N2O2/c1-17-27-13-14-28(17)16-23(29)22-8-7-20-19-6-5-18-15-24(2,30)11-12-25(18,3)21(19)9-10-26(20,22)4/h13-14,18-22,30H,5-12,15-16H2,1-4H3/t18-,19+,20+,21?,22-,24-,25+,26+/m1/s1. The zero-order valence-electron chi connectivity index (χ0n) is 19.4. The molecule has 4 nitrogen and oxygen atoms in total. The first-order valence-corrected chi connectivity index (χ1v) is 12.4. The van der Waals surface area contributed by atoms with Gasteiger partial charge in [0.1, 0.15) is 5.82 Å². The predicted octanol–water partition coefficient (Wildman–Crippen LogP) is 5.17. The van der Waals surface area contributed by atoms with Crippen molar-refractivity contribution >= 4 is 5.78 Å². The number of hydrogen-bond acceptors (Lipinski definition) is 3. The molecule has 1 aromatic rings. The van der Waals surface area contributed by atoms with Crippen molar-refractivity contribution in [3.05, 3.63) is 18.2 Å². The second-order valence-electron chi connectivity index (χ2n) is 12.1. The molecule has 0 aliphatic heterocycles. The maximum absolute atomic E-state index is 13.4. The van der Waals surface area contributed by atoms with Crippen LogP contribution in [0.15, 0.2) is 12.4 Å². The Morgan fingerprint density at radius 3 is 2.57 bits per heavy atom. The summed E-state index contributed by atoms with van der Waals surface area (Å²) in [6.45, 7) is 9.52. The molecule has 0 bridgehead atoms. The van der Waals surface area contributed by atoms with Gasteiger partial charge in [0, 0.05) is 18.3 Å². The maximum atomic E-state index is 13.4. The second-order valence-corrected chi connectivity index (χ2v) is 12.1. The van der Waals surface area contributed by atoms with Crippen LogP contribution >= 0.6 is 0 Å². The molecule has 1 aromatic heterocycles. The average Bonchev–Trinajstić information content (AvgIpc) is 3.24. The number of carbonyl (C=O) groups excluding carboxylic acids is 1. The van der Waals surface area contributed by atoms with E-state index in [0.717, 1.165) is 36.9 Å². The van der Waals surface area contributed by atoms with E-state index in [0.29, 0.717) is 29.6 Å². The molecule has 4 saturated carbocycles. The van der Waals surface area contributed by atoms with Crippen LogP contribution in [0, 0.1) is 47.3 Å². The monoisotopic (exact) mass is 412 g/mol. The van der Waals surface area contributed by atoms with Crippen LogP contribution in [0.5, 0.6) is 0 Å². The van der Waals surface area contributed by atoms with Gasteiger partial charge in [-0.3, -0.25) is 4.79 Å². The Bertz CT molecular complexity index is 829. The molecule has 0 aromatic carbocycles. The van der Waals surface area contributed by atoms with E-state index in [9.17, 15) is 9.90 Å².